The molecule has 0 radical (unpaired) electrons. The quantitative estimate of drug-likeness (QED) is 0.904. The molecule has 1 aromatic carbocycles. The fourth-order valence-corrected chi connectivity index (χ4v) is 4.24. The van der Waals surface area contributed by atoms with E-state index in [0.717, 1.165) is 24.8 Å². The van der Waals surface area contributed by atoms with Crippen molar-refractivity contribution in [2.45, 2.75) is 44.9 Å². The summed E-state index contributed by atoms with van der Waals surface area (Å²) in [7, 11) is 0. The van der Waals surface area contributed by atoms with Crippen molar-refractivity contribution in [2.75, 3.05) is 24.5 Å². The maximum atomic E-state index is 5.79. The molecule has 1 aliphatic carbocycles. The van der Waals surface area contributed by atoms with E-state index < -0.39 is 0 Å². The van der Waals surface area contributed by atoms with Crippen LogP contribution in [0.1, 0.15) is 50.5 Å². The zero-order valence-electron chi connectivity index (χ0n) is 12.7. The number of nitrogens with two attached hydrogens (primary N) is 1. The molecule has 1 aromatic rings. The maximum Gasteiger partial charge on any atom is 0.0402 e. The topological polar surface area (TPSA) is 29.3 Å². The summed E-state index contributed by atoms with van der Waals surface area (Å²) in [4.78, 5) is 2.64. The molecule has 0 saturated heterocycles. The fraction of sp³-hybridized carbons (Fsp3) is 0.667. The summed E-state index contributed by atoms with van der Waals surface area (Å²) in [5, 5.41) is 0. The van der Waals surface area contributed by atoms with Crippen LogP contribution in [0, 0.1) is 11.8 Å². The molecule has 1 fully saturated rings. The van der Waals surface area contributed by atoms with Gasteiger partial charge in [-0.3, -0.25) is 0 Å². The Hall–Kier alpha value is -1.02. The minimum Gasteiger partial charge on any atom is -0.370 e. The van der Waals surface area contributed by atoms with Gasteiger partial charge in [-0.2, -0.15) is 0 Å². The van der Waals surface area contributed by atoms with Gasteiger partial charge in [-0.1, -0.05) is 38.0 Å². The van der Waals surface area contributed by atoms with Crippen molar-refractivity contribution >= 4 is 5.69 Å². The first-order valence-electron chi connectivity index (χ1n) is 8.32. The van der Waals surface area contributed by atoms with Crippen molar-refractivity contribution < 1.29 is 0 Å². The third-order valence-corrected chi connectivity index (χ3v) is 5.20. The average Bonchev–Trinajstić information content (AvgIpc) is 2.78. The van der Waals surface area contributed by atoms with E-state index in [-0.39, 0.29) is 0 Å². The Morgan fingerprint density at radius 2 is 2.10 bits per heavy atom. The summed E-state index contributed by atoms with van der Waals surface area (Å²) in [5.74, 6) is 2.46. The first-order valence-corrected chi connectivity index (χ1v) is 8.32. The number of rotatable bonds is 4. The highest BCUT2D eigenvalue weighted by Crippen LogP contribution is 2.39. The van der Waals surface area contributed by atoms with Gasteiger partial charge in [0.25, 0.3) is 0 Å². The summed E-state index contributed by atoms with van der Waals surface area (Å²) in [6.45, 7) is 5.65. The van der Waals surface area contributed by atoms with E-state index in [9.17, 15) is 0 Å². The Labute approximate surface area is 123 Å². The van der Waals surface area contributed by atoms with Gasteiger partial charge in [-0.15, -0.1) is 0 Å². The summed E-state index contributed by atoms with van der Waals surface area (Å²) in [5.41, 5.74) is 8.80. The van der Waals surface area contributed by atoms with Crippen LogP contribution in [0.3, 0.4) is 0 Å². The summed E-state index contributed by atoms with van der Waals surface area (Å²) in [6.07, 6.45) is 6.82. The molecule has 20 heavy (non-hydrogen) atoms. The number of hydrogen-bond acceptors (Lipinski definition) is 2. The molecule has 2 aliphatic rings. The molecule has 110 valence electrons. The molecule has 2 N–H and O–H groups in total. The van der Waals surface area contributed by atoms with E-state index >= 15 is 0 Å². The summed E-state index contributed by atoms with van der Waals surface area (Å²) < 4.78 is 0. The Morgan fingerprint density at radius 3 is 2.90 bits per heavy atom. The fourth-order valence-electron chi connectivity index (χ4n) is 4.24. The molecule has 2 heteroatoms. The zero-order valence-corrected chi connectivity index (χ0v) is 12.7. The van der Waals surface area contributed by atoms with Gasteiger partial charge in [0, 0.05) is 24.7 Å². The van der Waals surface area contributed by atoms with Gasteiger partial charge < -0.3 is 10.6 Å². The van der Waals surface area contributed by atoms with Gasteiger partial charge in [-0.25, -0.2) is 0 Å². The highest BCUT2D eigenvalue weighted by molar-refractivity contribution is 5.60. The Kier molecular flexibility index (Phi) is 4.30. The number of fused-ring (bicyclic) bond motifs is 1. The van der Waals surface area contributed by atoms with Crippen LogP contribution in [0.15, 0.2) is 24.3 Å². The second-order valence-electron chi connectivity index (χ2n) is 6.88. The van der Waals surface area contributed by atoms with Gasteiger partial charge >= 0.3 is 0 Å². The molecule has 0 aromatic heterocycles. The van der Waals surface area contributed by atoms with Crippen molar-refractivity contribution in [2.24, 2.45) is 17.6 Å². The molecule has 0 bridgehead atoms. The van der Waals surface area contributed by atoms with Gasteiger partial charge in [0.15, 0.2) is 0 Å². The van der Waals surface area contributed by atoms with Gasteiger partial charge in [0.05, 0.1) is 0 Å². The first-order chi connectivity index (χ1) is 9.78. The van der Waals surface area contributed by atoms with E-state index in [1.165, 1.54) is 50.0 Å². The van der Waals surface area contributed by atoms with Gasteiger partial charge in [0.2, 0.25) is 0 Å². The van der Waals surface area contributed by atoms with E-state index in [2.05, 4.69) is 36.1 Å². The smallest absolute Gasteiger partial charge is 0.0402 e. The molecule has 1 heterocycles. The highest BCUT2D eigenvalue weighted by atomic mass is 15.2. The van der Waals surface area contributed by atoms with Crippen molar-refractivity contribution in [3.63, 3.8) is 0 Å². The number of para-hydroxylation sites is 1. The molecule has 3 atom stereocenters. The molecule has 0 spiro atoms. The van der Waals surface area contributed by atoms with Crippen LogP contribution >= 0.6 is 0 Å². The first kappa shape index (κ1) is 13.9. The standard InChI is InChI=1S/C18H28N2/c1-14-5-4-6-15(11-14)12-20-13-16(9-10-19)17-7-2-3-8-18(17)20/h2-3,7-8,14-16H,4-6,9-13,19H2,1H3. The normalized spacial score (nSPS) is 29.5. The average molecular weight is 272 g/mol. The van der Waals surface area contributed by atoms with E-state index in [1.54, 1.807) is 0 Å². The number of anilines is 1. The largest absolute Gasteiger partial charge is 0.370 e. The van der Waals surface area contributed by atoms with Crippen molar-refractivity contribution in [1.29, 1.82) is 0 Å². The zero-order chi connectivity index (χ0) is 13.9. The molecule has 1 aliphatic heterocycles. The van der Waals surface area contributed by atoms with E-state index in [0.29, 0.717) is 5.92 Å². The predicted octanol–water partition coefficient (Wildman–Crippen LogP) is 3.77. The number of nitrogens with zero attached hydrogens (tertiary/aromatic N) is 1. The third-order valence-electron chi connectivity index (χ3n) is 5.20. The molecular formula is C18H28N2. The predicted molar refractivity (Wildman–Crippen MR) is 86.2 cm³/mol. The van der Waals surface area contributed by atoms with Crippen LogP contribution in [-0.2, 0) is 0 Å². The van der Waals surface area contributed by atoms with Crippen molar-refractivity contribution in [3.8, 4) is 0 Å². The maximum absolute atomic E-state index is 5.79. The molecule has 2 nitrogen and oxygen atoms in total. The molecule has 1 saturated carbocycles. The van der Waals surface area contributed by atoms with Gasteiger partial charge in [-0.05, 0) is 49.3 Å². The molecule has 3 rings (SSSR count). The van der Waals surface area contributed by atoms with Crippen molar-refractivity contribution in [1.82, 2.24) is 0 Å². The lowest BCUT2D eigenvalue weighted by Gasteiger charge is -2.31. The molecular weight excluding hydrogens is 244 g/mol. The Bertz CT molecular complexity index is 443. The second-order valence-corrected chi connectivity index (χ2v) is 6.88. The second kappa shape index (κ2) is 6.17. The summed E-state index contributed by atoms with van der Waals surface area (Å²) in [6, 6.07) is 8.96. The SMILES string of the molecule is CC1CCCC(CN2CC(CCN)c3ccccc32)C1. The Morgan fingerprint density at radius 1 is 1.25 bits per heavy atom. The number of hydrogen-bond donors (Lipinski definition) is 1. The minimum atomic E-state index is 0.650. The minimum absolute atomic E-state index is 0.650. The molecule has 3 unspecified atom stereocenters. The monoisotopic (exact) mass is 272 g/mol. The lowest BCUT2D eigenvalue weighted by molar-refractivity contribution is 0.284. The third kappa shape index (κ3) is 2.85. The highest BCUT2D eigenvalue weighted by Gasteiger charge is 2.30. The van der Waals surface area contributed by atoms with Crippen LogP contribution in [0.5, 0.6) is 0 Å². The molecule has 0 amide bonds. The lowest BCUT2D eigenvalue weighted by Crippen LogP contribution is -2.31. The summed E-state index contributed by atoms with van der Waals surface area (Å²) >= 11 is 0. The van der Waals surface area contributed by atoms with Crippen LogP contribution in [0.25, 0.3) is 0 Å². The number of benzene rings is 1. The van der Waals surface area contributed by atoms with Crippen LogP contribution in [-0.4, -0.2) is 19.6 Å². The van der Waals surface area contributed by atoms with E-state index in [1.807, 2.05) is 0 Å². The van der Waals surface area contributed by atoms with Crippen LogP contribution in [0.4, 0.5) is 5.69 Å². The van der Waals surface area contributed by atoms with Crippen LogP contribution < -0.4 is 10.6 Å². The van der Waals surface area contributed by atoms with Gasteiger partial charge in [0.1, 0.15) is 0 Å². The van der Waals surface area contributed by atoms with Crippen LogP contribution in [0.2, 0.25) is 0 Å². The van der Waals surface area contributed by atoms with E-state index in [4.69, 9.17) is 5.73 Å². The van der Waals surface area contributed by atoms with Crippen molar-refractivity contribution in [3.05, 3.63) is 29.8 Å². The Balaban J connectivity index is 1.71. The lowest BCUT2D eigenvalue weighted by atomic mass is 9.82.